The van der Waals surface area contributed by atoms with Crippen molar-refractivity contribution in [2.45, 2.75) is 18.2 Å². The van der Waals surface area contributed by atoms with Crippen molar-refractivity contribution in [3.63, 3.8) is 0 Å². The zero-order valence-corrected chi connectivity index (χ0v) is 19.0. The Morgan fingerprint density at radius 1 is 1.13 bits per heavy atom. The van der Waals surface area contributed by atoms with E-state index >= 15 is 0 Å². The average molecular weight is 460 g/mol. The molecule has 1 aromatic heterocycles. The number of nitrogens with zero attached hydrogens (tertiary/aromatic N) is 2. The highest BCUT2D eigenvalue weighted by atomic mass is 35.5. The number of hydrogen-bond acceptors (Lipinski definition) is 6. The lowest BCUT2D eigenvalue weighted by atomic mass is 10.1. The third-order valence-corrected chi connectivity index (χ3v) is 6.25. The molecule has 162 valence electrons. The predicted octanol–water partition coefficient (Wildman–Crippen LogP) is 4.27. The third-order valence-electron chi connectivity index (χ3n) is 5.04. The summed E-state index contributed by atoms with van der Waals surface area (Å²) in [5.74, 6) is 2.02. The van der Waals surface area contributed by atoms with Crippen molar-refractivity contribution < 1.29 is 19.0 Å². The van der Waals surface area contributed by atoms with Crippen LogP contribution in [0.4, 0.5) is 0 Å². The maximum Gasteiger partial charge on any atom is 0.251 e. The number of rotatable bonds is 7. The van der Waals surface area contributed by atoms with Gasteiger partial charge in [0.05, 0.1) is 39.3 Å². The SMILES string of the molecule is COc1cc(C(=O)NCc2c(-c3ccc(Cl)cc3)nc3n2CCS3)cc(OC)c1OC. The number of aromatic nitrogens is 2. The molecule has 9 heteroatoms. The molecule has 0 radical (unpaired) electrons. The number of nitrogens with one attached hydrogen (secondary N) is 1. The predicted molar refractivity (Wildman–Crippen MR) is 121 cm³/mol. The number of amides is 1. The molecule has 1 N–H and O–H groups in total. The van der Waals surface area contributed by atoms with Gasteiger partial charge in [-0.05, 0) is 24.3 Å². The average Bonchev–Trinajstić information content (AvgIpc) is 3.38. The van der Waals surface area contributed by atoms with Crippen LogP contribution in [0.1, 0.15) is 16.1 Å². The fraction of sp³-hybridized carbons (Fsp3) is 0.273. The Balaban J connectivity index is 1.61. The van der Waals surface area contributed by atoms with Gasteiger partial charge >= 0.3 is 0 Å². The fourth-order valence-corrected chi connectivity index (χ4v) is 4.62. The summed E-state index contributed by atoms with van der Waals surface area (Å²) >= 11 is 7.75. The summed E-state index contributed by atoms with van der Waals surface area (Å²) in [6.07, 6.45) is 0. The first kappa shape index (κ1) is 21.4. The normalized spacial score (nSPS) is 12.4. The smallest absolute Gasteiger partial charge is 0.251 e. The summed E-state index contributed by atoms with van der Waals surface area (Å²) in [5, 5.41) is 4.63. The van der Waals surface area contributed by atoms with E-state index in [1.807, 2.05) is 24.3 Å². The van der Waals surface area contributed by atoms with Crippen molar-refractivity contribution in [3.05, 3.63) is 52.7 Å². The summed E-state index contributed by atoms with van der Waals surface area (Å²) in [7, 11) is 4.56. The number of thioether (sulfide) groups is 1. The van der Waals surface area contributed by atoms with Crippen LogP contribution in [-0.4, -0.2) is 42.5 Å². The lowest BCUT2D eigenvalue weighted by Crippen LogP contribution is -2.24. The molecule has 1 aliphatic rings. The molecule has 0 spiro atoms. The van der Waals surface area contributed by atoms with Gasteiger partial charge in [-0.2, -0.15) is 0 Å². The van der Waals surface area contributed by atoms with Gasteiger partial charge in [0.25, 0.3) is 5.91 Å². The molecule has 0 bridgehead atoms. The molecule has 2 heterocycles. The quantitative estimate of drug-likeness (QED) is 0.569. The lowest BCUT2D eigenvalue weighted by Gasteiger charge is -2.14. The van der Waals surface area contributed by atoms with Crippen molar-refractivity contribution in [2.24, 2.45) is 0 Å². The molecular weight excluding hydrogens is 438 g/mol. The van der Waals surface area contributed by atoms with E-state index in [2.05, 4.69) is 9.88 Å². The number of benzene rings is 2. The molecule has 3 aromatic rings. The molecule has 0 atom stereocenters. The van der Waals surface area contributed by atoms with Gasteiger partial charge in [-0.3, -0.25) is 4.79 Å². The Kier molecular flexibility index (Phi) is 6.29. The van der Waals surface area contributed by atoms with Gasteiger partial charge in [-0.25, -0.2) is 4.98 Å². The second kappa shape index (κ2) is 9.11. The summed E-state index contributed by atoms with van der Waals surface area (Å²) in [4.78, 5) is 17.7. The Morgan fingerprint density at radius 3 is 2.42 bits per heavy atom. The standard InChI is InChI=1S/C22H22ClN3O4S/c1-28-17-10-14(11-18(29-2)20(17)30-3)21(27)24-12-16-19(13-4-6-15(23)7-5-13)25-22-26(16)8-9-31-22/h4-7,10-11H,8-9,12H2,1-3H3,(H,24,27). The molecule has 0 saturated carbocycles. The van der Waals surface area contributed by atoms with Crippen molar-refractivity contribution in [2.75, 3.05) is 27.1 Å². The number of halogens is 1. The van der Waals surface area contributed by atoms with Gasteiger partial charge in [-0.1, -0.05) is 35.5 Å². The zero-order valence-electron chi connectivity index (χ0n) is 17.4. The highest BCUT2D eigenvalue weighted by molar-refractivity contribution is 7.99. The van der Waals surface area contributed by atoms with E-state index in [-0.39, 0.29) is 5.91 Å². The minimum absolute atomic E-state index is 0.248. The highest BCUT2D eigenvalue weighted by Gasteiger charge is 2.24. The number of hydrogen-bond donors (Lipinski definition) is 1. The van der Waals surface area contributed by atoms with Crippen LogP contribution in [0.25, 0.3) is 11.3 Å². The molecule has 1 aliphatic heterocycles. The molecule has 31 heavy (non-hydrogen) atoms. The number of ether oxygens (including phenoxy) is 3. The van der Waals surface area contributed by atoms with Crippen LogP contribution in [0.5, 0.6) is 17.2 Å². The summed E-state index contributed by atoms with van der Waals surface area (Å²) in [5.41, 5.74) is 3.19. The number of imidazole rings is 1. The fourth-order valence-electron chi connectivity index (χ4n) is 3.53. The molecular formula is C22H22ClN3O4S. The van der Waals surface area contributed by atoms with E-state index in [0.717, 1.165) is 34.4 Å². The Labute approximate surface area is 189 Å². The zero-order chi connectivity index (χ0) is 22.0. The van der Waals surface area contributed by atoms with E-state index < -0.39 is 0 Å². The maximum atomic E-state index is 13.0. The van der Waals surface area contributed by atoms with E-state index in [1.165, 1.54) is 21.3 Å². The van der Waals surface area contributed by atoms with Crippen molar-refractivity contribution in [1.29, 1.82) is 0 Å². The minimum Gasteiger partial charge on any atom is -0.493 e. The molecule has 0 aliphatic carbocycles. The van der Waals surface area contributed by atoms with Crippen LogP contribution in [0.3, 0.4) is 0 Å². The molecule has 0 unspecified atom stereocenters. The first-order chi connectivity index (χ1) is 15.0. The molecule has 7 nitrogen and oxygen atoms in total. The van der Waals surface area contributed by atoms with Gasteiger partial charge in [-0.15, -0.1) is 0 Å². The Hall–Kier alpha value is -2.84. The monoisotopic (exact) mass is 459 g/mol. The third kappa shape index (κ3) is 4.18. The second-order valence-electron chi connectivity index (χ2n) is 6.79. The Bertz CT molecular complexity index is 1090. The molecule has 0 saturated heterocycles. The van der Waals surface area contributed by atoms with Crippen LogP contribution >= 0.6 is 23.4 Å². The summed E-state index contributed by atoms with van der Waals surface area (Å²) < 4.78 is 18.2. The van der Waals surface area contributed by atoms with E-state index in [1.54, 1.807) is 23.9 Å². The molecule has 2 aromatic carbocycles. The number of methoxy groups -OCH3 is 3. The van der Waals surface area contributed by atoms with E-state index in [0.29, 0.717) is 34.4 Å². The van der Waals surface area contributed by atoms with Crippen molar-refractivity contribution >= 4 is 29.3 Å². The van der Waals surface area contributed by atoms with Crippen LogP contribution in [0.15, 0.2) is 41.6 Å². The van der Waals surface area contributed by atoms with Gasteiger partial charge in [0, 0.05) is 28.4 Å². The molecule has 4 rings (SSSR count). The van der Waals surface area contributed by atoms with Crippen LogP contribution < -0.4 is 19.5 Å². The number of carbonyl (C=O) groups excluding carboxylic acids is 1. The van der Waals surface area contributed by atoms with Gasteiger partial charge in [0.1, 0.15) is 0 Å². The highest BCUT2D eigenvalue weighted by Crippen LogP contribution is 2.38. The van der Waals surface area contributed by atoms with Crippen molar-refractivity contribution in [1.82, 2.24) is 14.9 Å². The van der Waals surface area contributed by atoms with Gasteiger partial charge in [0.2, 0.25) is 5.75 Å². The minimum atomic E-state index is -0.248. The van der Waals surface area contributed by atoms with Crippen LogP contribution in [0.2, 0.25) is 5.02 Å². The molecule has 1 amide bonds. The van der Waals surface area contributed by atoms with Crippen molar-refractivity contribution in [3.8, 4) is 28.5 Å². The molecule has 0 fully saturated rings. The first-order valence-corrected chi connectivity index (χ1v) is 11.0. The van der Waals surface area contributed by atoms with Crippen LogP contribution in [0, 0.1) is 0 Å². The van der Waals surface area contributed by atoms with Gasteiger partial charge in [0.15, 0.2) is 16.7 Å². The van der Waals surface area contributed by atoms with Crippen LogP contribution in [-0.2, 0) is 13.1 Å². The largest absolute Gasteiger partial charge is 0.493 e. The van der Waals surface area contributed by atoms with E-state index in [4.69, 9.17) is 30.8 Å². The van der Waals surface area contributed by atoms with E-state index in [9.17, 15) is 4.79 Å². The number of fused-ring (bicyclic) bond motifs is 1. The lowest BCUT2D eigenvalue weighted by molar-refractivity contribution is 0.0949. The maximum absolute atomic E-state index is 13.0. The Morgan fingerprint density at radius 2 is 1.81 bits per heavy atom. The summed E-state index contributed by atoms with van der Waals surface area (Å²) in [6.45, 7) is 1.19. The second-order valence-corrected chi connectivity index (χ2v) is 8.29. The van der Waals surface area contributed by atoms with Gasteiger partial charge < -0.3 is 24.1 Å². The number of carbonyl (C=O) groups is 1. The first-order valence-electron chi connectivity index (χ1n) is 9.62. The topological polar surface area (TPSA) is 74.6 Å². The summed E-state index contributed by atoms with van der Waals surface area (Å²) in [6, 6.07) is 10.8.